The van der Waals surface area contributed by atoms with Crippen LogP contribution in [0.25, 0.3) is 0 Å². The fraction of sp³-hybridized carbons (Fsp3) is 0.364. The van der Waals surface area contributed by atoms with E-state index >= 15 is 0 Å². The summed E-state index contributed by atoms with van der Waals surface area (Å²) in [4.78, 5) is 24.3. The van der Waals surface area contributed by atoms with Crippen molar-refractivity contribution < 1.29 is 9.53 Å². The molecule has 2 aromatic heterocycles. The van der Waals surface area contributed by atoms with E-state index in [-0.39, 0.29) is 17.8 Å². The fourth-order valence-electron chi connectivity index (χ4n) is 3.56. The fourth-order valence-corrected chi connectivity index (χ4v) is 3.56. The maximum Gasteiger partial charge on any atom is 0.292 e. The second-order valence-corrected chi connectivity index (χ2v) is 7.39. The van der Waals surface area contributed by atoms with E-state index in [2.05, 4.69) is 25.5 Å². The average Bonchev–Trinajstić information content (AvgIpc) is 3.30. The number of carbonyl (C=O) groups is 1. The molecule has 0 bridgehead atoms. The summed E-state index contributed by atoms with van der Waals surface area (Å²) in [5.41, 5.74) is 3.90. The number of aromatic amines is 1. The van der Waals surface area contributed by atoms with Crippen molar-refractivity contribution in [2.45, 2.75) is 26.3 Å². The Bertz CT molecular complexity index is 990. The van der Waals surface area contributed by atoms with E-state index in [1.54, 1.807) is 6.20 Å². The molecule has 1 amide bonds. The predicted molar refractivity (Wildman–Crippen MR) is 113 cm³/mol. The lowest BCUT2D eigenvalue weighted by atomic mass is 10.0. The maximum absolute atomic E-state index is 13.4. The molecule has 30 heavy (non-hydrogen) atoms. The van der Waals surface area contributed by atoms with Crippen molar-refractivity contribution in [2.75, 3.05) is 31.6 Å². The number of benzene rings is 1. The molecule has 156 valence electrons. The highest BCUT2D eigenvalue weighted by Crippen LogP contribution is 2.26. The van der Waals surface area contributed by atoms with Crippen LogP contribution in [0.1, 0.15) is 39.0 Å². The average molecular weight is 406 g/mol. The second kappa shape index (κ2) is 9.04. The summed E-state index contributed by atoms with van der Waals surface area (Å²) in [5, 5.41) is 10.1. The smallest absolute Gasteiger partial charge is 0.292 e. The number of nitrogens with one attached hydrogen (secondary N) is 2. The van der Waals surface area contributed by atoms with E-state index in [1.165, 1.54) is 0 Å². The van der Waals surface area contributed by atoms with Gasteiger partial charge in [0, 0.05) is 30.5 Å². The molecule has 3 heterocycles. The van der Waals surface area contributed by atoms with Gasteiger partial charge >= 0.3 is 0 Å². The molecule has 0 aliphatic carbocycles. The summed E-state index contributed by atoms with van der Waals surface area (Å²) in [7, 11) is 0. The quantitative estimate of drug-likeness (QED) is 0.653. The molecule has 1 atom stereocenters. The van der Waals surface area contributed by atoms with Gasteiger partial charge in [-0.3, -0.25) is 9.89 Å². The molecule has 1 unspecified atom stereocenters. The first kappa shape index (κ1) is 20.0. The van der Waals surface area contributed by atoms with Crippen molar-refractivity contribution >= 4 is 11.7 Å². The molecule has 3 aromatic rings. The number of morpholine rings is 1. The Morgan fingerprint density at radius 2 is 2.10 bits per heavy atom. The lowest BCUT2D eigenvalue weighted by Gasteiger charge is -2.35. The van der Waals surface area contributed by atoms with E-state index in [0.717, 1.165) is 28.8 Å². The summed E-state index contributed by atoms with van der Waals surface area (Å²) in [5.74, 6) is 0.735. The highest BCUT2D eigenvalue weighted by molar-refractivity contribution is 5.91. The van der Waals surface area contributed by atoms with Gasteiger partial charge in [0.1, 0.15) is 5.82 Å². The summed E-state index contributed by atoms with van der Waals surface area (Å²) in [6.45, 7) is 6.05. The number of aryl methyl sites for hydroxylation is 1. The zero-order valence-electron chi connectivity index (χ0n) is 17.3. The zero-order valence-corrected chi connectivity index (χ0v) is 17.3. The number of ether oxygens (including phenoxy) is 1. The SMILES string of the molecule is Cc1nc(C(=O)N2CCOCC2c2ccccc2)nc(NCCc2cn[nH]c2)c1C. The molecule has 0 saturated carbocycles. The molecule has 4 rings (SSSR count). The van der Waals surface area contributed by atoms with Crippen LogP contribution in [0.15, 0.2) is 42.7 Å². The number of hydrogen-bond acceptors (Lipinski definition) is 6. The van der Waals surface area contributed by atoms with Gasteiger partial charge in [0.05, 0.1) is 25.5 Å². The molecular weight excluding hydrogens is 380 g/mol. The highest BCUT2D eigenvalue weighted by Gasteiger charge is 2.31. The molecular formula is C22H26N6O2. The number of carbonyl (C=O) groups excluding carboxylic acids is 1. The van der Waals surface area contributed by atoms with E-state index in [4.69, 9.17) is 4.74 Å². The number of nitrogens with zero attached hydrogens (tertiary/aromatic N) is 4. The molecule has 0 radical (unpaired) electrons. The number of amides is 1. The van der Waals surface area contributed by atoms with Crippen molar-refractivity contribution in [1.82, 2.24) is 25.1 Å². The van der Waals surface area contributed by atoms with Crippen LogP contribution in [0.3, 0.4) is 0 Å². The molecule has 1 aliphatic rings. The van der Waals surface area contributed by atoms with Crippen LogP contribution in [0, 0.1) is 13.8 Å². The summed E-state index contributed by atoms with van der Waals surface area (Å²) >= 11 is 0. The van der Waals surface area contributed by atoms with Crippen LogP contribution in [0.2, 0.25) is 0 Å². The summed E-state index contributed by atoms with van der Waals surface area (Å²) < 4.78 is 5.65. The molecule has 8 nitrogen and oxygen atoms in total. The molecule has 8 heteroatoms. The molecule has 2 N–H and O–H groups in total. The Balaban J connectivity index is 1.54. The highest BCUT2D eigenvalue weighted by atomic mass is 16.5. The lowest BCUT2D eigenvalue weighted by Crippen LogP contribution is -2.44. The third-order valence-electron chi connectivity index (χ3n) is 5.42. The Kier molecular flexibility index (Phi) is 6.04. The van der Waals surface area contributed by atoms with Gasteiger partial charge in [0.15, 0.2) is 0 Å². The molecule has 1 saturated heterocycles. The Hall–Kier alpha value is -3.26. The topological polar surface area (TPSA) is 96.0 Å². The zero-order chi connectivity index (χ0) is 20.9. The third kappa shape index (κ3) is 4.33. The van der Waals surface area contributed by atoms with Gasteiger partial charge in [-0.2, -0.15) is 5.10 Å². The van der Waals surface area contributed by atoms with Crippen molar-refractivity contribution in [2.24, 2.45) is 0 Å². The lowest BCUT2D eigenvalue weighted by molar-refractivity contribution is -0.00335. The van der Waals surface area contributed by atoms with Gasteiger partial charge < -0.3 is 15.0 Å². The monoisotopic (exact) mass is 406 g/mol. The van der Waals surface area contributed by atoms with Gasteiger partial charge in [-0.05, 0) is 31.4 Å². The van der Waals surface area contributed by atoms with Gasteiger partial charge in [-0.1, -0.05) is 30.3 Å². The Labute approximate surface area is 175 Å². The minimum Gasteiger partial charge on any atom is -0.377 e. The van der Waals surface area contributed by atoms with Crippen molar-refractivity contribution in [3.63, 3.8) is 0 Å². The van der Waals surface area contributed by atoms with Gasteiger partial charge in [-0.25, -0.2) is 9.97 Å². The standard InChI is InChI=1S/C22H26N6O2/c1-15-16(2)26-21(27-20(15)23-9-8-17-12-24-25-13-17)22(29)28-10-11-30-14-19(28)18-6-4-3-5-7-18/h3-7,12-13,19H,8-11,14H2,1-2H3,(H,24,25)(H,23,26,27). The second-order valence-electron chi connectivity index (χ2n) is 7.39. The number of H-pyrrole nitrogens is 1. The first-order valence-electron chi connectivity index (χ1n) is 10.1. The third-order valence-corrected chi connectivity index (χ3v) is 5.42. The van der Waals surface area contributed by atoms with Gasteiger partial charge in [0.2, 0.25) is 5.82 Å². The minimum absolute atomic E-state index is 0.143. The van der Waals surface area contributed by atoms with Crippen LogP contribution in [0.5, 0.6) is 0 Å². The Morgan fingerprint density at radius 1 is 1.27 bits per heavy atom. The minimum atomic E-state index is -0.173. The van der Waals surface area contributed by atoms with E-state index in [9.17, 15) is 4.79 Å². The van der Waals surface area contributed by atoms with Crippen LogP contribution < -0.4 is 5.32 Å². The van der Waals surface area contributed by atoms with Crippen LogP contribution in [-0.4, -0.2) is 57.3 Å². The normalized spacial score (nSPS) is 16.5. The van der Waals surface area contributed by atoms with E-state index < -0.39 is 0 Å². The molecule has 1 aromatic carbocycles. The van der Waals surface area contributed by atoms with Crippen molar-refractivity contribution in [3.8, 4) is 0 Å². The first-order valence-corrected chi connectivity index (χ1v) is 10.1. The number of anilines is 1. The number of aromatic nitrogens is 4. The first-order chi connectivity index (χ1) is 14.6. The summed E-state index contributed by atoms with van der Waals surface area (Å²) in [6, 6.07) is 9.80. The molecule has 0 spiro atoms. The van der Waals surface area contributed by atoms with Crippen molar-refractivity contribution in [1.29, 1.82) is 0 Å². The van der Waals surface area contributed by atoms with Crippen molar-refractivity contribution in [3.05, 3.63) is 70.9 Å². The summed E-state index contributed by atoms with van der Waals surface area (Å²) in [6.07, 6.45) is 4.48. The van der Waals surface area contributed by atoms with Crippen LogP contribution in [0.4, 0.5) is 5.82 Å². The number of hydrogen-bond donors (Lipinski definition) is 2. The molecule has 1 fully saturated rings. The van der Waals surface area contributed by atoms with E-state index in [1.807, 2.05) is 55.3 Å². The maximum atomic E-state index is 13.4. The largest absolute Gasteiger partial charge is 0.377 e. The van der Waals surface area contributed by atoms with Gasteiger partial charge in [-0.15, -0.1) is 0 Å². The van der Waals surface area contributed by atoms with Crippen LogP contribution in [-0.2, 0) is 11.2 Å². The molecule has 1 aliphatic heterocycles. The van der Waals surface area contributed by atoms with E-state index in [0.29, 0.717) is 32.1 Å². The number of rotatable bonds is 6. The van der Waals surface area contributed by atoms with Crippen LogP contribution >= 0.6 is 0 Å². The van der Waals surface area contributed by atoms with Gasteiger partial charge in [0.25, 0.3) is 5.91 Å². The predicted octanol–water partition coefficient (Wildman–Crippen LogP) is 2.68. The Morgan fingerprint density at radius 3 is 2.87 bits per heavy atom.